The molecular formula is C16H20N2OS. The summed E-state index contributed by atoms with van der Waals surface area (Å²) in [6.07, 6.45) is 0.962. The van der Waals surface area contributed by atoms with Gasteiger partial charge in [0.15, 0.2) is 0 Å². The molecule has 0 aliphatic carbocycles. The van der Waals surface area contributed by atoms with Crippen LogP contribution in [0.1, 0.15) is 17.4 Å². The molecule has 1 heterocycles. The number of hydrogen-bond donors (Lipinski definition) is 2. The first-order chi connectivity index (χ1) is 9.74. The number of benzene rings is 1. The van der Waals surface area contributed by atoms with Crippen LogP contribution in [0.5, 0.6) is 0 Å². The molecule has 1 unspecified atom stereocenters. The van der Waals surface area contributed by atoms with Gasteiger partial charge in [0.2, 0.25) is 5.91 Å². The van der Waals surface area contributed by atoms with E-state index in [1.54, 1.807) is 11.3 Å². The predicted octanol–water partition coefficient (Wildman–Crippen LogP) is 2.59. The number of rotatable bonds is 7. The summed E-state index contributed by atoms with van der Waals surface area (Å²) < 4.78 is 0. The van der Waals surface area contributed by atoms with E-state index in [1.807, 2.05) is 30.3 Å². The van der Waals surface area contributed by atoms with E-state index in [1.165, 1.54) is 4.88 Å². The molecule has 0 bridgehead atoms. The zero-order valence-electron chi connectivity index (χ0n) is 11.6. The zero-order chi connectivity index (χ0) is 14.2. The summed E-state index contributed by atoms with van der Waals surface area (Å²) in [4.78, 5) is 13.1. The van der Waals surface area contributed by atoms with Crippen molar-refractivity contribution in [2.24, 2.45) is 0 Å². The minimum Gasteiger partial charge on any atom is -0.351 e. The molecule has 1 atom stereocenters. The third-order valence-electron chi connectivity index (χ3n) is 3.03. The summed E-state index contributed by atoms with van der Waals surface area (Å²) in [5.74, 6) is 0.0342. The van der Waals surface area contributed by atoms with Crippen LogP contribution in [0.2, 0.25) is 0 Å². The average Bonchev–Trinajstić information content (AvgIpc) is 2.97. The standard InChI is InChI=1S/C16H20N2OS/c1-13(10-15-8-5-9-20-15)17-12-16(19)18-11-14-6-3-2-4-7-14/h2-9,13,17H,10-12H2,1H3,(H,18,19). The summed E-state index contributed by atoms with van der Waals surface area (Å²) in [6.45, 7) is 3.05. The van der Waals surface area contributed by atoms with Crippen LogP contribution in [0.15, 0.2) is 47.8 Å². The van der Waals surface area contributed by atoms with Gasteiger partial charge in [-0.05, 0) is 30.4 Å². The Morgan fingerprint density at radius 1 is 1.20 bits per heavy atom. The van der Waals surface area contributed by atoms with Gasteiger partial charge in [0.1, 0.15) is 0 Å². The molecule has 0 saturated heterocycles. The topological polar surface area (TPSA) is 41.1 Å². The first-order valence-corrected chi connectivity index (χ1v) is 7.68. The highest BCUT2D eigenvalue weighted by Crippen LogP contribution is 2.10. The molecule has 0 saturated carbocycles. The fourth-order valence-corrected chi connectivity index (χ4v) is 2.76. The SMILES string of the molecule is CC(Cc1cccs1)NCC(=O)NCc1ccccc1. The minimum atomic E-state index is 0.0342. The van der Waals surface area contributed by atoms with Crippen LogP contribution in [-0.2, 0) is 17.8 Å². The van der Waals surface area contributed by atoms with Crippen molar-refractivity contribution in [3.63, 3.8) is 0 Å². The molecule has 0 fully saturated rings. The lowest BCUT2D eigenvalue weighted by Crippen LogP contribution is -2.38. The maximum Gasteiger partial charge on any atom is 0.234 e. The van der Waals surface area contributed by atoms with E-state index in [0.29, 0.717) is 19.1 Å². The molecule has 0 radical (unpaired) electrons. The number of amides is 1. The molecule has 2 N–H and O–H groups in total. The largest absolute Gasteiger partial charge is 0.351 e. The van der Waals surface area contributed by atoms with E-state index >= 15 is 0 Å². The van der Waals surface area contributed by atoms with Crippen molar-refractivity contribution in [3.05, 3.63) is 58.3 Å². The highest BCUT2D eigenvalue weighted by Gasteiger charge is 2.06. The molecule has 1 aromatic heterocycles. The molecule has 1 amide bonds. The maximum absolute atomic E-state index is 11.8. The lowest BCUT2D eigenvalue weighted by atomic mass is 10.2. The second-order valence-electron chi connectivity index (χ2n) is 4.83. The van der Waals surface area contributed by atoms with Crippen molar-refractivity contribution < 1.29 is 4.79 Å². The van der Waals surface area contributed by atoms with Gasteiger partial charge in [0, 0.05) is 17.5 Å². The lowest BCUT2D eigenvalue weighted by molar-refractivity contribution is -0.120. The molecule has 3 nitrogen and oxygen atoms in total. The number of thiophene rings is 1. The Balaban J connectivity index is 1.64. The molecule has 0 aliphatic heterocycles. The van der Waals surface area contributed by atoms with E-state index in [4.69, 9.17) is 0 Å². The van der Waals surface area contributed by atoms with Gasteiger partial charge in [0.25, 0.3) is 0 Å². The van der Waals surface area contributed by atoms with E-state index < -0.39 is 0 Å². The number of hydrogen-bond acceptors (Lipinski definition) is 3. The quantitative estimate of drug-likeness (QED) is 0.822. The van der Waals surface area contributed by atoms with Gasteiger partial charge in [-0.2, -0.15) is 0 Å². The normalized spacial score (nSPS) is 12.1. The molecule has 2 rings (SSSR count). The summed E-state index contributed by atoms with van der Waals surface area (Å²) in [5, 5.41) is 8.24. The molecule has 1 aromatic carbocycles. The Hall–Kier alpha value is -1.65. The number of carbonyl (C=O) groups is 1. The predicted molar refractivity (Wildman–Crippen MR) is 83.8 cm³/mol. The van der Waals surface area contributed by atoms with Crippen molar-refractivity contribution in [1.29, 1.82) is 0 Å². The van der Waals surface area contributed by atoms with Gasteiger partial charge < -0.3 is 10.6 Å². The van der Waals surface area contributed by atoms with E-state index in [0.717, 1.165) is 12.0 Å². The van der Waals surface area contributed by atoms with Gasteiger partial charge in [-0.25, -0.2) is 0 Å². The van der Waals surface area contributed by atoms with Gasteiger partial charge in [0.05, 0.1) is 6.54 Å². The van der Waals surface area contributed by atoms with Crippen LogP contribution in [0, 0.1) is 0 Å². The highest BCUT2D eigenvalue weighted by molar-refractivity contribution is 7.09. The second kappa shape index (κ2) is 7.82. The number of carbonyl (C=O) groups excluding carboxylic acids is 1. The summed E-state index contributed by atoms with van der Waals surface area (Å²) in [6, 6.07) is 14.4. The van der Waals surface area contributed by atoms with Gasteiger partial charge in [-0.15, -0.1) is 11.3 Å². The fraction of sp³-hybridized carbons (Fsp3) is 0.312. The van der Waals surface area contributed by atoms with Crippen LogP contribution in [0.3, 0.4) is 0 Å². The highest BCUT2D eigenvalue weighted by atomic mass is 32.1. The minimum absolute atomic E-state index is 0.0342. The van der Waals surface area contributed by atoms with Crippen LogP contribution in [-0.4, -0.2) is 18.5 Å². The Kier molecular flexibility index (Phi) is 5.77. The van der Waals surface area contributed by atoms with Gasteiger partial charge in [-0.1, -0.05) is 36.4 Å². The van der Waals surface area contributed by atoms with E-state index in [9.17, 15) is 4.79 Å². The Bertz CT molecular complexity index is 511. The Morgan fingerprint density at radius 2 is 2.00 bits per heavy atom. The maximum atomic E-state index is 11.8. The molecule has 20 heavy (non-hydrogen) atoms. The van der Waals surface area contributed by atoms with Crippen molar-refractivity contribution >= 4 is 17.2 Å². The number of nitrogens with one attached hydrogen (secondary N) is 2. The summed E-state index contributed by atoms with van der Waals surface area (Å²) in [7, 11) is 0. The summed E-state index contributed by atoms with van der Waals surface area (Å²) in [5.41, 5.74) is 1.12. The third-order valence-corrected chi connectivity index (χ3v) is 3.93. The molecule has 0 aliphatic rings. The smallest absolute Gasteiger partial charge is 0.234 e. The van der Waals surface area contributed by atoms with Crippen molar-refractivity contribution in [2.75, 3.05) is 6.54 Å². The van der Waals surface area contributed by atoms with Crippen LogP contribution in [0.25, 0.3) is 0 Å². The molecule has 4 heteroatoms. The average molecular weight is 288 g/mol. The zero-order valence-corrected chi connectivity index (χ0v) is 12.5. The molecular weight excluding hydrogens is 268 g/mol. The lowest BCUT2D eigenvalue weighted by Gasteiger charge is -2.12. The summed E-state index contributed by atoms with van der Waals surface area (Å²) >= 11 is 1.75. The van der Waals surface area contributed by atoms with Gasteiger partial charge >= 0.3 is 0 Å². The van der Waals surface area contributed by atoms with E-state index in [-0.39, 0.29) is 5.91 Å². The van der Waals surface area contributed by atoms with Crippen molar-refractivity contribution in [3.8, 4) is 0 Å². The van der Waals surface area contributed by atoms with Crippen molar-refractivity contribution in [2.45, 2.75) is 25.9 Å². The second-order valence-corrected chi connectivity index (χ2v) is 5.86. The first kappa shape index (κ1) is 14.8. The monoisotopic (exact) mass is 288 g/mol. The Morgan fingerprint density at radius 3 is 2.70 bits per heavy atom. The van der Waals surface area contributed by atoms with Crippen molar-refractivity contribution in [1.82, 2.24) is 10.6 Å². The third kappa shape index (κ3) is 5.15. The first-order valence-electron chi connectivity index (χ1n) is 6.80. The van der Waals surface area contributed by atoms with Crippen LogP contribution < -0.4 is 10.6 Å². The van der Waals surface area contributed by atoms with Crippen LogP contribution >= 0.6 is 11.3 Å². The molecule has 0 spiro atoms. The molecule has 2 aromatic rings. The molecule has 106 valence electrons. The fourth-order valence-electron chi connectivity index (χ4n) is 1.93. The van der Waals surface area contributed by atoms with E-state index in [2.05, 4.69) is 35.1 Å². The van der Waals surface area contributed by atoms with Gasteiger partial charge in [-0.3, -0.25) is 4.79 Å². The van der Waals surface area contributed by atoms with Crippen LogP contribution in [0.4, 0.5) is 0 Å². The Labute approximate surface area is 124 Å².